The van der Waals surface area contributed by atoms with Gasteiger partial charge in [0.05, 0.1) is 17.5 Å². The number of esters is 1. The predicted molar refractivity (Wildman–Crippen MR) is 109 cm³/mol. The molecule has 6 heteroatoms. The highest BCUT2D eigenvalue weighted by molar-refractivity contribution is 5.93. The summed E-state index contributed by atoms with van der Waals surface area (Å²) in [6.07, 6.45) is 6.03. The Morgan fingerprint density at radius 3 is 2.80 bits per heavy atom. The Hall–Kier alpha value is -3.46. The van der Waals surface area contributed by atoms with E-state index in [1.807, 2.05) is 29.2 Å². The first-order valence-electron chi connectivity index (χ1n) is 9.98. The Morgan fingerprint density at radius 1 is 1.23 bits per heavy atom. The number of amides is 1. The maximum absolute atomic E-state index is 13.4. The van der Waals surface area contributed by atoms with E-state index in [-0.39, 0.29) is 24.0 Å². The summed E-state index contributed by atoms with van der Waals surface area (Å²) in [7, 11) is 0. The van der Waals surface area contributed by atoms with Crippen molar-refractivity contribution in [1.82, 2.24) is 4.90 Å². The standard InChI is InChI=1S/C24H21FN2O3/c25-22-6-4-17(11-19(22)14-26)2-1-16-7-9-27(10-8-16)23(28)13-18-3-5-21-20(12-18)15-30-24(21)29/h1-6,11-12,16H,7-10,13,15H2. The number of carbonyl (C=O) groups excluding carboxylic acids is 2. The number of ether oxygens (including phenoxy) is 1. The summed E-state index contributed by atoms with van der Waals surface area (Å²) in [5, 5.41) is 8.93. The largest absolute Gasteiger partial charge is 0.457 e. The number of nitrogens with zero attached hydrogens (tertiary/aromatic N) is 2. The molecular formula is C24H21FN2O3. The number of hydrogen-bond acceptors (Lipinski definition) is 4. The van der Waals surface area contributed by atoms with Crippen LogP contribution >= 0.6 is 0 Å². The Labute approximate surface area is 174 Å². The third kappa shape index (κ3) is 4.25. The third-order valence-corrected chi connectivity index (χ3v) is 5.67. The zero-order valence-corrected chi connectivity index (χ0v) is 16.4. The number of likely N-dealkylation sites (tertiary alicyclic amines) is 1. The second kappa shape index (κ2) is 8.50. The molecule has 0 aliphatic carbocycles. The number of cyclic esters (lactones) is 1. The van der Waals surface area contributed by atoms with Crippen LogP contribution in [0, 0.1) is 23.1 Å². The van der Waals surface area contributed by atoms with E-state index in [1.54, 1.807) is 18.2 Å². The molecule has 2 aliphatic heterocycles. The summed E-state index contributed by atoms with van der Waals surface area (Å²) < 4.78 is 18.4. The number of rotatable bonds is 4. The first-order chi connectivity index (χ1) is 14.5. The minimum atomic E-state index is -0.510. The van der Waals surface area contributed by atoms with E-state index in [1.165, 1.54) is 6.07 Å². The van der Waals surface area contributed by atoms with Crippen molar-refractivity contribution >= 4 is 18.0 Å². The molecule has 2 aliphatic rings. The zero-order valence-electron chi connectivity index (χ0n) is 16.4. The average Bonchev–Trinajstić information content (AvgIpc) is 3.13. The molecule has 1 fully saturated rings. The summed E-state index contributed by atoms with van der Waals surface area (Å²) in [4.78, 5) is 26.1. The number of benzene rings is 2. The van der Waals surface area contributed by atoms with Crippen LogP contribution in [0.15, 0.2) is 42.5 Å². The van der Waals surface area contributed by atoms with Gasteiger partial charge in [0.15, 0.2) is 0 Å². The van der Waals surface area contributed by atoms with Crippen molar-refractivity contribution in [3.63, 3.8) is 0 Å². The second-order valence-electron chi connectivity index (χ2n) is 7.67. The molecule has 0 aromatic heterocycles. The van der Waals surface area contributed by atoms with E-state index in [4.69, 9.17) is 10.00 Å². The number of nitriles is 1. The van der Waals surface area contributed by atoms with Crippen molar-refractivity contribution in [1.29, 1.82) is 5.26 Å². The van der Waals surface area contributed by atoms with Crippen molar-refractivity contribution < 1.29 is 18.7 Å². The van der Waals surface area contributed by atoms with Crippen LogP contribution in [0.25, 0.3) is 6.08 Å². The summed E-state index contributed by atoms with van der Waals surface area (Å²) in [5.41, 5.74) is 3.16. The lowest BCUT2D eigenvalue weighted by Crippen LogP contribution is -2.39. The SMILES string of the molecule is N#Cc1cc(C=CC2CCN(C(=O)Cc3ccc4c(c3)COC4=O)CC2)ccc1F. The fraction of sp³-hybridized carbons (Fsp3) is 0.292. The zero-order chi connectivity index (χ0) is 21.1. The van der Waals surface area contributed by atoms with Gasteiger partial charge in [0.2, 0.25) is 5.91 Å². The number of allylic oxidation sites excluding steroid dienone is 1. The minimum Gasteiger partial charge on any atom is -0.457 e. The smallest absolute Gasteiger partial charge is 0.338 e. The summed E-state index contributed by atoms with van der Waals surface area (Å²) >= 11 is 0. The summed E-state index contributed by atoms with van der Waals surface area (Å²) in [6.45, 7) is 1.65. The predicted octanol–water partition coefficient (Wildman–Crippen LogP) is 3.86. The van der Waals surface area contributed by atoms with E-state index in [0.717, 1.165) is 29.5 Å². The van der Waals surface area contributed by atoms with Gasteiger partial charge < -0.3 is 9.64 Å². The molecule has 2 heterocycles. The van der Waals surface area contributed by atoms with E-state index in [0.29, 0.717) is 31.0 Å². The Bertz CT molecular complexity index is 1060. The lowest BCUT2D eigenvalue weighted by atomic mass is 9.95. The highest BCUT2D eigenvalue weighted by atomic mass is 19.1. The first-order valence-corrected chi connectivity index (χ1v) is 9.98. The van der Waals surface area contributed by atoms with Crippen molar-refractivity contribution in [2.75, 3.05) is 13.1 Å². The lowest BCUT2D eigenvalue weighted by molar-refractivity contribution is -0.131. The number of carbonyl (C=O) groups is 2. The average molecular weight is 404 g/mol. The van der Waals surface area contributed by atoms with Gasteiger partial charge in [-0.15, -0.1) is 0 Å². The fourth-order valence-corrected chi connectivity index (χ4v) is 3.90. The van der Waals surface area contributed by atoms with Gasteiger partial charge >= 0.3 is 5.97 Å². The molecule has 0 radical (unpaired) electrons. The first kappa shape index (κ1) is 19.8. The summed E-state index contributed by atoms with van der Waals surface area (Å²) in [5.74, 6) is -0.390. The van der Waals surface area contributed by atoms with Crippen LogP contribution in [-0.4, -0.2) is 29.9 Å². The lowest BCUT2D eigenvalue weighted by Gasteiger charge is -2.31. The number of halogens is 1. The molecule has 1 saturated heterocycles. The van der Waals surface area contributed by atoms with Crippen LogP contribution in [0.4, 0.5) is 4.39 Å². The Balaban J connectivity index is 1.30. The van der Waals surface area contributed by atoms with Gasteiger partial charge in [0, 0.05) is 18.7 Å². The number of piperidine rings is 1. The normalized spacial score (nSPS) is 16.4. The maximum atomic E-state index is 13.4. The van der Waals surface area contributed by atoms with E-state index in [2.05, 4.69) is 6.08 Å². The molecule has 30 heavy (non-hydrogen) atoms. The van der Waals surface area contributed by atoms with Gasteiger partial charge in [-0.3, -0.25) is 4.79 Å². The molecule has 1 amide bonds. The molecule has 4 rings (SSSR count). The fourth-order valence-electron chi connectivity index (χ4n) is 3.90. The van der Waals surface area contributed by atoms with Gasteiger partial charge in [-0.05, 0) is 48.1 Å². The van der Waals surface area contributed by atoms with Gasteiger partial charge in [-0.2, -0.15) is 5.26 Å². The van der Waals surface area contributed by atoms with Crippen LogP contribution in [0.3, 0.4) is 0 Å². The van der Waals surface area contributed by atoms with Gasteiger partial charge in [-0.25, -0.2) is 9.18 Å². The van der Waals surface area contributed by atoms with Crippen LogP contribution in [0.1, 0.15) is 45.5 Å². The highest BCUT2D eigenvalue weighted by Crippen LogP contribution is 2.23. The maximum Gasteiger partial charge on any atom is 0.338 e. The molecule has 2 aromatic rings. The van der Waals surface area contributed by atoms with E-state index in [9.17, 15) is 14.0 Å². The second-order valence-corrected chi connectivity index (χ2v) is 7.67. The monoisotopic (exact) mass is 404 g/mol. The number of fused-ring (bicyclic) bond motifs is 1. The Kier molecular flexibility index (Phi) is 5.62. The Morgan fingerprint density at radius 2 is 2.03 bits per heavy atom. The minimum absolute atomic E-state index is 0.0417. The molecule has 5 nitrogen and oxygen atoms in total. The van der Waals surface area contributed by atoms with Gasteiger partial charge in [0.25, 0.3) is 0 Å². The van der Waals surface area contributed by atoms with Crippen LogP contribution < -0.4 is 0 Å². The number of hydrogen-bond donors (Lipinski definition) is 0. The van der Waals surface area contributed by atoms with Crippen molar-refractivity contribution in [3.05, 3.63) is 76.1 Å². The van der Waals surface area contributed by atoms with E-state index < -0.39 is 5.82 Å². The topological polar surface area (TPSA) is 70.4 Å². The molecule has 0 unspecified atom stereocenters. The summed E-state index contributed by atoms with van der Waals surface area (Å²) in [6, 6.07) is 11.8. The van der Waals surface area contributed by atoms with Crippen molar-refractivity contribution in [3.8, 4) is 6.07 Å². The van der Waals surface area contributed by atoms with Crippen LogP contribution in [-0.2, 0) is 22.6 Å². The van der Waals surface area contributed by atoms with Gasteiger partial charge in [-0.1, -0.05) is 30.4 Å². The molecule has 152 valence electrons. The third-order valence-electron chi connectivity index (χ3n) is 5.67. The van der Waals surface area contributed by atoms with Gasteiger partial charge in [0.1, 0.15) is 18.5 Å². The molecule has 0 spiro atoms. The molecular weight excluding hydrogens is 383 g/mol. The van der Waals surface area contributed by atoms with Crippen LogP contribution in [0.2, 0.25) is 0 Å². The van der Waals surface area contributed by atoms with Crippen LogP contribution in [0.5, 0.6) is 0 Å². The molecule has 0 N–H and O–H groups in total. The molecule has 0 saturated carbocycles. The van der Waals surface area contributed by atoms with Crippen molar-refractivity contribution in [2.45, 2.75) is 25.9 Å². The molecule has 2 aromatic carbocycles. The molecule has 0 atom stereocenters. The quantitative estimate of drug-likeness (QED) is 0.726. The molecule has 0 bridgehead atoms. The van der Waals surface area contributed by atoms with Crippen molar-refractivity contribution in [2.24, 2.45) is 5.92 Å². The highest BCUT2D eigenvalue weighted by Gasteiger charge is 2.24. The van der Waals surface area contributed by atoms with E-state index >= 15 is 0 Å².